The van der Waals surface area contributed by atoms with E-state index in [-0.39, 0.29) is 5.78 Å². The van der Waals surface area contributed by atoms with Crippen molar-refractivity contribution in [3.05, 3.63) is 12.2 Å². The number of allylic oxidation sites excluding steroid dienone is 2. The van der Waals surface area contributed by atoms with Crippen LogP contribution in [0, 0.1) is 0 Å². The summed E-state index contributed by atoms with van der Waals surface area (Å²) in [7, 11) is 0. The summed E-state index contributed by atoms with van der Waals surface area (Å²) in [5, 5.41) is 0. The first kappa shape index (κ1) is 21.4. The van der Waals surface area contributed by atoms with E-state index in [0.717, 1.165) is 32.0 Å². The molecule has 118 valence electrons. The van der Waals surface area contributed by atoms with Crippen LogP contribution in [0.25, 0.3) is 0 Å². The highest BCUT2D eigenvalue weighted by molar-refractivity contribution is 5.89. The summed E-state index contributed by atoms with van der Waals surface area (Å²) in [5.41, 5.74) is 0. The van der Waals surface area contributed by atoms with E-state index in [4.69, 9.17) is 0 Å². The van der Waals surface area contributed by atoms with Crippen LogP contribution in [0.2, 0.25) is 0 Å². The molecule has 0 aromatic carbocycles. The van der Waals surface area contributed by atoms with Crippen molar-refractivity contribution in [2.24, 2.45) is 0 Å². The summed E-state index contributed by atoms with van der Waals surface area (Å²) in [4.78, 5) is 20.5. The van der Waals surface area contributed by atoms with Crippen molar-refractivity contribution in [3.63, 3.8) is 0 Å². The van der Waals surface area contributed by atoms with Crippen LogP contribution in [-0.2, 0) is 9.59 Å². The van der Waals surface area contributed by atoms with Crippen molar-refractivity contribution in [1.29, 1.82) is 0 Å². The first-order valence-electron chi connectivity index (χ1n) is 8.35. The SMILES string of the molecule is CCCC=CC(=O)CC.CCCCCCCCCC=O. The van der Waals surface area contributed by atoms with Crippen LogP contribution >= 0.6 is 0 Å². The van der Waals surface area contributed by atoms with E-state index >= 15 is 0 Å². The van der Waals surface area contributed by atoms with E-state index in [0.29, 0.717) is 6.42 Å². The van der Waals surface area contributed by atoms with Crippen LogP contribution in [0.15, 0.2) is 12.2 Å². The quantitative estimate of drug-likeness (QED) is 0.263. The number of ketones is 1. The van der Waals surface area contributed by atoms with E-state index in [2.05, 4.69) is 13.8 Å². The van der Waals surface area contributed by atoms with Crippen molar-refractivity contribution in [3.8, 4) is 0 Å². The van der Waals surface area contributed by atoms with Crippen molar-refractivity contribution < 1.29 is 9.59 Å². The molecule has 0 aromatic rings. The molecule has 0 spiro atoms. The van der Waals surface area contributed by atoms with Crippen LogP contribution in [0.1, 0.15) is 91.4 Å². The molecule has 0 saturated carbocycles. The second-order valence-corrected chi connectivity index (χ2v) is 5.09. The van der Waals surface area contributed by atoms with E-state index in [1.54, 1.807) is 6.08 Å². The highest BCUT2D eigenvalue weighted by Crippen LogP contribution is 2.07. The second-order valence-electron chi connectivity index (χ2n) is 5.09. The Morgan fingerprint density at radius 2 is 1.40 bits per heavy atom. The molecule has 2 nitrogen and oxygen atoms in total. The molecular weight excluding hydrogens is 248 g/mol. The average molecular weight is 282 g/mol. The van der Waals surface area contributed by atoms with E-state index in [9.17, 15) is 9.59 Å². The molecule has 0 fully saturated rings. The van der Waals surface area contributed by atoms with Gasteiger partial charge in [-0.3, -0.25) is 4.79 Å². The van der Waals surface area contributed by atoms with Gasteiger partial charge in [-0.25, -0.2) is 0 Å². The number of aldehydes is 1. The lowest BCUT2D eigenvalue weighted by Gasteiger charge is -1.97. The fraction of sp³-hybridized carbons (Fsp3) is 0.778. The van der Waals surface area contributed by atoms with Gasteiger partial charge in [0.15, 0.2) is 5.78 Å². The number of hydrogen-bond acceptors (Lipinski definition) is 2. The number of rotatable bonds is 12. The van der Waals surface area contributed by atoms with Gasteiger partial charge >= 0.3 is 0 Å². The Kier molecular flexibility index (Phi) is 21.8. The molecule has 0 rings (SSSR count). The zero-order chi connectivity index (χ0) is 15.5. The fourth-order valence-electron chi connectivity index (χ4n) is 1.68. The van der Waals surface area contributed by atoms with Crippen molar-refractivity contribution >= 4 is 12.1 Å². The topological polar surface area (TPSA) is 34.1 Å². The van der Waals surface area contributed by atoms with Crippen LogP contribution in [0.3, 0.4) is 0 Å². The summed E-state index contributed by atoms with van der Waals surface area (Å²) in [6, 6.07) is 0. The highest BCUT2D eigenvalue weighted by atomic mass is 16.1. The molecule has 20 heavy (non-hydrogen) atoms. The number of unbranched alkanes of at least 4 members (excludes halogenated alkanes) is 8. The van der Waals surface area contributed by atoms with Gasteiger partial charge in [0.1, 0.15) is 6.29 Å². The molecule has 0 aliphatic heterocycles. The molecule has 0 radical (unpaired) electrons. The molecule has 0 unspecified atom stereocenters. The standard InChI is InChI=1S/C10H20O.C8H14O/c1-2-3-4-5-6-7-8-9-10-11;1-3-5-6-7-8(9)4-2/h10H,2-9H2,1H3;6-7H,3-5H2,1-2H3. The third-order valence-corrected chi connectivity index (χ3v) is 3.03. The van der Waals surface area contributed by atoms with E-state index in [1.165, 1.54) is 38.5 Å². The average Bonchev–Trinajstić information content (AvgIpc) is 2.47. The monoisotopic (exact) mass is 282 g/mol. The van der Waals surface area contributed by atoms with Gasteiger partial charge in [0.05, 0.1) is 0 Å². The lowest BCUT2D eigenvalue weighted by Crippen LogP contribution is -1.86. The Morgan fingerprint density at radius 3 is 1.90 bits per heavy atom. The molecule has 0 saturated heterocycles. The van der Waals surface area contributed by atoms with Gasteiger partial charge < -0.3 is 4.79 Å². The minimum absolute atomic E-state index is 0.225. The smallest absolute Gasteiger partial charge is 0.155 e. The Hall–Kier alpha value is -0.920. The van der Waals surface area contributed by atoms with Crippen molar-refractivity contribution in [2.75, 3.05) is 0 Å². The molecule has 0 aliphatic rings. The first-order chi connectivity index (χ1) is 9.72. The summed E-state index contributed by atoms with van der Waals surface area (Å²) >= 11 is 0. The minimum atomic E-state index is 0.225. The van der Waals surface area contributed by atoms with Crippen molar-refractivity contribution in [1.82, 2.24) is 0 Å². The first-order valence-corrected chi connectivity index (χ1v) is 8.35. The Balaban J connectivity index is 0. The van der Waals surface area contributed by atoms with Crippen LogP contribution in [-0.4, -0.2) is 12.1 Å². The molecule has 0 N–H and O–H groups in total. The largest absolute Gasteiger partial charge is 0.303 e. The van der Waals surface area contributed by atoms with Crippen LogP contribution in [0.4, 0.5) is 0 Å². The number of carbonyl (C=O) groups is 2. The lowest BCUT2D eigenvalue weighted by molar-refractivity contribution is -0.114. The minimum Gasteiger partial charge on any atom is -0.303 e. The normalized spacial score (nSPS) is 10.2. The van der Waals surface area contributed by atoms with Gasteiger partial charge in [-0.1, -0.05) is 71.8 Å². The molecule has 0 aromatic heterocycles. The predicted molar refractivity (Wildman–Crippen MR) is 88.0 cm³/mol. The summed E-state index contributed by atoms with van der Waals surface area (Å²) < 4.78 is 0. The maximum absolute atomic E-state index is 10.6. The van der Waals surface area contributed by atoms with Gasteiger partial charge in [-0.05, 0) is 18.9 Å². The second kappa shape index (κ2) is 20.4. The summed E-state index contributed by atoms with van der Waals surface area (Å²) in [6.07, 6.45) is 17.2. The molecule has 0 bridgehead atoms. The van der Waals surface area contributed by atoms with Crippen LogP contribution in [0.5, 0.6) is 0 Å². The molecule has 0 heterocycles. The van der Waals surface area contributed by atoms with E-state index in [1.807, 2.05) is 13.0 Å². The maximum atomic E-state index is 10.6. The third kappa shape index (κ3) is 22.3. The Labute approximate surface area is 126 Å². The van der Waals surface area contributed by atoms with Gasteiger partial charge in [-0.15, -0.1) is 0 Å². The molecule has 2 heteroatoms. The zero-order valence-corrected chi connectivity index (χ0v) is 13.8. The maximum Gasteiger partial charge on any atom is 0.155 e. The van der Waals surface area contributed by atoms with E-state index < -0.39 is 0 Å². The lowest BCUT2D eigenvalue weighted by atomic mass is 10.1. The van der Waals surface area contributed by atoms with Gasteiger partial charge in [0.2, 0.25) is 0 Å². The molecule has 0 amide bonds. The van der Waals surface area contributed by atoms with Crippen molar-refractivity contribution in [2.45, 2.75) is 91.4 Å². The van der Waals surface area contributed by atoms with Gasteiger partial charge in [-0.2, -0.15) is 0 Å². The Morgan fingerprint density at radius 1 is 0.800 bits per heavy atom. The Bertz CT molecular complexity index is 232. The summed E-state index contributed by atoms with van der Waals surface area (Å²) in [6.45, 7) is 6.20. The fourth-order valence-corrected chi connectivity index (χ4v) is 1.68. The number of hydrogen-bond donors (Lipinski definition) is 0. The van der Waals surface area contributed by atoms with Gasteiger partial charge in [0.25, 0.3) is 0 Å². The summed E-state index contributed by atoms with van der Waals surface area (Å²) in [5.74, 6) is 0.225. The predicted octanol–water partition coefficient (Wildman–Crippen LogP) is 5.65. The molecule has 0 aliphatic carbocycles. The molecular formula is C18H34O2. The zero-order valence-electron chi connectivity index (χ0n) is 13.8. The van der Waals surface area contributed by atoms with Crippen LogP contribution < -0.4 is 0 Å². The number of carbonyl (C=O) groups excluding carboxylic acids is 2. The third-order valence-electron chi connectivity index (χ3n) is 3.03. The van der Waals surface area contributed by atoms with Gasteiger partial charge in [0, 0.05) is 12.8 Å². The molecule has 0 atom stereocenters. The highest BCUT2D eigenvalue weighted by Gasteiger charge is 1.89.